The summed E-state index contributed by atoms with van der Waals surface area (Å²) in [6, 6.07) is 7.89. The highest BCUT2D eigenvalue weighted by Crippen LogP contribution is 2.25. The second-order valence-corrected chi connectivity index (χ2v) is 4.73. The average molecular weight is 228 g/mol. The van der Waals surface area contributed by atoms with Gasteiger partial charge in [-0.2, -0.15) is 0 Å². The van der Waals surface area contributed by atoms with E-state index in [1.165, 1.54) is 24.0 Å². The van der Waals surface area contributed by atoms with Crippen LogP contribution in [0.1, 0.15) is 29.7 Å². The molecule has 0 bridgehead atoms. The first-order valence-corrected chi connectivity index (χ1v) is 6.15. The van der Waals surface area contributed by atoms with Gasteiger partial charge in [0.15, 0.2) is 0 Å². The van der Waals surface area contributed by atoms with Gasteiger partial charge in [-0.15, -0.1) is 0 Å². The zero-order chi connectivity index (χ0) is 11.8. The van der Waals surface area contributed by atoms with Crippen LogP contribution >= 0.6 is 0 Å². The molecular formula is C14H16N2O. The number of nitrogens with zero attached hydrogens (tertiary/aromatic N) is 1. The molecule has 0 unspecified atom stereocenters. The molecule has 3 rings (SSSR count). The molecular weight excluding hydrogens is 212 g/mol. The smallest absolute Gasteiger partial charge is 0.271 e. The fourth-order valence-electron chi connectivity index (χ4n) is 2.66. The molecule has 0 aliphatic heterocycles. The maximum Gasteiger partial charge on any atom is 0.271 e. The van der Waals surface area contributed by atoms with Crippen molar-refractivity contribution in [3.05, 3.63) is 51.4 Å². The first-order chi connectivity index (χ1) is 8.25. The van der Waals surface area contributed by atoms with E-state index in [9.17, 15) is 4.79 Å². The van der Waals surface area contributed by atoms with Gasteiger partial charge < -0.3 is 0 Å². The Morgan fingerprint density at radius 1 is 1.24 bits per heavy atom. The third-order valence-electron chi connectivity index (χ3n) is 3.46. The molecule has 0 spiro atoms. The van der Waals surface area contributed by atoms with Crippen LogP contribution in [0, 0.1) is 6.92 Å². The lowest BCUT2D eigenvalue weighted by Crippen LogP contribution is -2.17. The first-order valence-electron chi connectivity index (χ1n) is 6.15. The Balaban J connectivity index is 2.21. The van der Waals surface area contributed by atoms with Gasteiger partial charge >= 0.3 is 0 Å². The van der Waals surface area contributed by atoms with Crippen LogP contribution in [-0.4, -0.2) is 9.78 Å². The molecule has 3 heteroatoms. The standard InChI is InChI=1S/C14H16N2O/c1-10-9-14(17)16(15-10)13-8-4-6-11-5-2-3-7-12(11)13/h4,6,8-9,15H,2-3,5,7H2,1H3. The summed E-state index contributed by atoms with van der Waals surface area (Å²) in [5.41, 5.74) is 4.70. The summed E-state index contributed by atoms with van der Waals surface area (Å²) >= 11 is 0. The lowest BCUT2D eigenvalue weighted by atomic mass is 9.90. The number of aromatic amines is 1. The number of benzene rings is 1. The van der Waals surface area contributed by atoms with Crippen molar-refractivity contribution in [2.45, 2.75) is 32.6 Å². The molecule has 88 valence electrons. The van der Waals surface area contributed by atoms with Crippen LogP contribution in [0.2, 0.25) is 0 Å². The Bertz CT molecular complexity index is 607. The van der Waals surface area contributed by atoms with Gasteiger partial charge in [0.05, 0.1) is 5.69 Å². The summed E-state index contributed by atoms with van der Waals surface area (Å²) in [5, 5.41) is 3.11. The van der Waals surface area contributed by atoms with E-state index < -0.39 is 0 Å². The van der Waals surface area contributed by atoms with Gasteiger partial charge in [-0.3, -0.25) is 9.89 Å². The molecule has 1 aliphatic rings. The van der Waals surface area contributed by atoms with Crippen molar-refractivity contribution < 1.29 is 0 Å². The van der Waals surface area contributed by atoms with Crippen molar-refractivity contribution in [1.82, 2.24) is 9.78 Å². The molecule has 1 aliphatic carbocycles. The summed E-state index contributed by atoms with van der Waals surface area (Å²) in [6.07, 6.45) is 4.70. The van der Waals surface area contributed by atoms with E-state index in [1.54, 1.807) is 10.7 Å². The molecule has 3 nitrogen and oxygen atoms in total. The normalized spacial score (nSPS) is 14.6. The summed E-state index contributed by atoms with van der Waals surface area (Å²) in [7, 11) is 0. The van der Waals surface area contributed by atoms with Crippen molar-refractivity contribution in [1.29, 1.82) is 0 Å². The molecule has 1 heterocycles. The third-order valence-corrected chi connectivity index (χ3v) is 3.46. The average Bonchev–Trinajstić information content (AvgIpc) is 2.68. The van der Waals surface area contributed by atoms with Crippen LogP contribution in [0.3, 0.4) is 0 Å². The minimum absolute atomic E-state index is 0.0291. The van der Waals surface area contributed by atoms with Gasteiger partial charge in [0.2, 0.25) is 0 Å². The summed E-state index contributed by atoms with van der Waals surface area (Å²) in [6.45, 7) is 1.91. The summed E-state index contributed by atoms with van der Waals surface area (Å²) in [4.78, 5) is 11.9. The topological polar surface area (TPSA) is 37.8 Å². The number of fused-ring (bicyclic) bond motifs is 1. The van der Waals surface area contributed by atoms with Crippen LogP contribution < -0.4 is 5.56 Å². The first kappa shape index (κ1) is 10.4. The monoisotopic (exact) mass is 228 g/mol. The highest BCUT2D eigenvalue weighted by atomic mass is 16.1. The largest absolute Gasteiger partial charge is 0.295 e. The van der Waals surface area contributed by atoms with Crippen molar-refractivity contribution >= 4 is 0 Å². The number of rotatable bonds is 1. The van der Waals surface area contributed by atoms with E-state index in [-0.39, 0.29) is 5.56 Å². The second kappa shape index (κ2) is 3.91. The van der Waals surface area contributed by atoms with E-state index in [0.29, 0.717) is 0 Å². The van der Waals surface area contributed by atoms with E-state index in [4.69, 9.17) is 0 Å². The van der Waals surface area contributed by atoms with E-state index in [2.05, 4.69) is 11.2 Å². The van der Waals surface area contributed by atoms with E-state index in [1.807, 2.05) is 19.1 Å². The lowest BCUT2D eigenvalue weighted by Gasteiger charge is -2.19. The Labute approximate surface area is 100 Å². The number of aromatic nitrogens is 2. The Kier molecular flexibility index (Phi) is 2.39. The number of nitrogens with one attached hydrogen (secondary N) is 1. The zero-order valence-electron chi connectivity index (χ0n) is 9.99. The minimum Gasteiger partial charge on any atom is -0.295 e. The molecule has 0 saturated heterocycles. The molecule has 0 amide bonds. The van der Waals surface area contributed by atoms with Crippen molar-refractivity contribution in [2.24, 2.45) is 0 Å². The highest BCUT2D eigenvalue weighted by molar-refractivity contribution is 5.46. The third kappa shape index (κ3) is 1.71. The van der Waals surface area contributed by atoms with Crippen molar-refractivity contribution in [3.63, 3.8) is 0 Å². The number of hydrogen-bond donors (Lipinski definition) is 1. The molecule has 1 aromatic heterocycles. The number of H-pyrrole nitrogens is 1. The van der Waals surface area contributed by atoms with Gasteiger partial charge in [0.25, 0.3) is 5.56 Å². The van der Waals surface area contributed by atoms with E-state index >= 15 is 0 Å². The zero-order valence-corrected chi connectivity index (χ0v) is 9.99. The van der Waals surface area contributed by atoms with Crippen LogP contribution in [0.5, 0.6) is 0 Å². The van der Waals surface area contributed by atoms with Gasteiger partial charge in [0, 0.05) is 11.8 Å². The lowest BCUT2D eigenvalue weighted by molar-refractivity contribution is 0.674. The SMILES string of the molecule is Cc1cc(=O)n(-c2cccc3c2CCCC3)[nH]1. The quantitative estimate of drug-likeness (QED) is 0.799. The maximum absolute atomic E-state index is 11.9. The molecule has 2 aromatic rings. The van der Waals surface area contributed by atoms with Crippen LogP contribution in [0.25, 0.3) is 5.69 Å². The van der Waals surface area contributed by atoms with Gasteiger partial charge in [-0.25, -0.2) is 4.68 Å². The van der Waals surface area contributed by atoms with Gasteiger partial charge in [-0.1, -0.05) is 12.1 Å². The fourth-order valence-corrected chi connectivity index (χ4v) is 2.66. The number of hydrogen-bond acceptors (Lipinski definition) is 1. The Morgan fingerprint density at radius 3 is 2.82 bits per heavy atom. The molecule has 1 N–H and O–H groups in total. The van der Waals surface area contributed by atoms with Crippen LogP contribution in [0.15, 0.2) is 29.1 Å². The molecule has 17 heavy (non-hydrogen) atoms. The molecule has 1 aromatic carbocycles. The highest BCUT2D eigenvalue weighted by Gasteiger charge is 2.15. The predicted octanol–water partition coefficient (Wildman–Crippen LogP) is 2.35. The summed E-state index contributed by atoms with van der Waals surface area (Å²) < 4.78 is 1.67. The molecule has 0 atom stereocenters. The van der Waals surface area contributed by atoms with Crippen molar-refractivity contribution in [3.8, 4) is 5.69 Å². The molecule has 0 radical (unpaired) electrons. The molecule has 0 fully saturated rings. The van der Waals surface area contributed by atoms with Crippen LogP contribution in [0.4, 0.5) is 0 Å². The molecule has 0 saturated carbocycles. The number of aryl methyl sites for hydroxylation is 2. The Hall–Kier alpha value is -1.77. The van der Waals surface area contributed by atoms with E-state index in [0.717, 1.165) is 24.2 Å². The predicted molar refractivity (Wildman–Crippen MR) is 67.8 cm³/mol. The maximum atomic E-state index is 11.9. The Morgan fingerprint density at radius 2 is 2.06 bits per heavy atom. The summed E-state index contributed by atoms with van der Waals surface area (Å²) in [5.74, 6) is 0. The minimum atomic E-state index is 0.0291. The van der Waals surface area contributed by atoms with Crippen molar-refractivity contribution in [2.75, 3.05) is 0 Å². The van der Waals surface area contributed by atoms with Gasteiger partial charge in [-0.05, 0) is 49.8 Å². The van der Waals surface area contributed by atoms with Crippen LogP contribution in [-0.2, 0) is 12.8 Å². The van der Waals surface area contributed by atoms with Gasteiger partial charge in [0.1, 0.15) is 0 Å². The fraction of sp³-hybridized carbons (Fsp3) is 0.357. The second-order valence-electron chi connectivity index (χ2n) is 4.73.